The first kappa shape index (κ1) is 8.32. The molecule has 2 heteroatoms. The van der Waals surface area contributed by atoms with Gasteiger partial charge in [0.25, 0.3) is 0 Å². The molecule has 1 nitrogen and oxygen atoms in total. The molecule has 0 saturated carbocycles. The number of rotatable bonds is 0. The van der Waals surface area contributed by atoms with Crippen molar-refractivity contribution in [3.8, 4) is 11.8 Å². The van der Waals surface area contributed by atoms with Crippen molar-refractivity contribution in [1.29, 1.82) is 0 Å². The van der Waals surface area contributed by atoms with Crippen molar-refractivity contribution in [3.05, 3.63) is 34.3 Å². The first-order valence-corrected chi connectivity index (χ1v) is 4.07. The van der Waals surface area contributed by atoms with Crippen LogP contribution >= 0.6 is 15.9 Å². The molecular weight excluding hydrogens is 202 g/mol. The van der Waals surface area contributed by atoms with Gasteiger partial charge in [0.15, 0.2) is 0 Å². The summed E-state index contributed by atoms with van der Waals surface area (Å²) in [6.45, 7) is 0.409. The van der Waals surface area contributed by atoms with Gasteiger partial charge in [-0.3, -0.25) is 0 Å². The van der Waals surface area contributed by atoms with Gasteiger partial charge in [-0.15, -0.1) is 0 Å². The second-order valence-electron chi connectivity index (χ2n) is 2.02. The van der Waals surface area contributed by atoms with E-state index in [0.717, 1.165) is 10.0 Å². The van der Waals surface area contributed by atoms with Crippen LogP contribution in [-0.4, -0.2) is 6.54 Å². The monoisotopic (exact) mass is 209 g/mol. The second-order valence-corrected chi connectivity index (χ2v) is 2.93. The van der Waals surface area contributed by atoms with Crippen LogP contribution in [0.15, 0.2) is 28.7 Å². The van der Waals surface area contributed by atoms with Gasteiger partial charge in [-0.05, 0) is 18.2 Å². The Morgan fingerprint density at radius 1 is 1.45 bits per heavy atom. The lowest BCUT2D eigenvalue weighted by atomic mass is 10.2. The van der Waals surface area contributed by atoms with E-state index >= 15 is 0 Å². The summed E-state index contributed by atoms with van der Waals surface area (Å²) >= 11 is 3.36. The molecule has 0 atom stereocenters. The summed E-state index contributed by atoms with van der Waals surface area (Å²) in [7, 11) is 0. The third kappa shape index (κ3) is 2.75. The zero-order chi connectivity index (χ0) is 8.10. The Morgan fingerprint density at radius 2 is 2.27 bits per heavy atom. The molecule has 1 aromatic rings. The first-order valence-electron chi connectivity index (χ1n) is 3.27. The Bertz CT molecular complexity index is 296. The van der Waals surface area contributed by atoms with Crippen LogP contribution in [0.5, 0.6) is 0 Å². The maximum atomic E-state index is 5.23. The van der Waals surface area contributed by atoms with Gasteiger partial charge >= 0.3 is 0 Å². The van der Waals surface area contributed by atoms with Gasteiger partial charge in [0.2, 0.25) is 0 Å². The molecule has 0 amide bonds. The van der Waals surface area contributed by atoms with Crippen LogP contribution in [0.3, 0.4) is 0 Å². The number of benzene rings is 1. The van der Waals surface area contributed by atoms with E-state index in [9.17, 15) is 0 Å². The Labute approximate surface area is 74.7 Å². The lowest BCUT2D eigenvalue weighted by Gasteiger charge is -1.89. The highest BCUT2D eigenvalue weighted by Gasteiger charge is 1.86. The number of nitrogens with two attached hydrogens (primary N) is 1. The molecule has 0 heterocycles. The standard InChI is InChI=1S/C9H8BrN/c10-9-5-1-3-8(7-9)4-2-6-11/h1,3,5,7H,6,11H2. The van der Waals surface area contributed by atoms with Crippen molar-refractivity contribution in [3.63, 3.8) is 0 Å². The summed E-state index contributed by atoms with van der Waals surface area (Å²) in [5, 5.41) is 0. The number of hydrogen-bond donors (Lipinski definition) is 1. The molecule has 0 unspecified atom stereocenters. The van der Waals surface area contributed by atoms with Gasteiger partial charge < -0.3 is 5.73 Å². The highest BCUT2D eigenvalue weighted by atomic mass is 79.9. The fourth-order valence-electron chi connectivity index (χ4n) is 0.719. The molecule has 1 aromatic carbocycles. The summed E-state index contributed by atoms with van der Waals surface area (Å²) in [5.41, 5.74) is 6.22. The van der Waals surface area contributed by atoms with Gasteiger partial charge in [-0.1, -0.05) is 33.8 Å². The summed E-state index contributed by atoms with van der Waals surface area (Å²) in [6.07, 6.45) is 0. The maximum Gasteiger partial charge on any atom is 0.0555 e. The van der Waals surface area contributed by atoms with Gasteiger partial charge in [0.05, 0.1) is 6.54 Å². The molecule has 0 aromatic heterocycles. The molecule has 0 bridgehead atoms. The van der Waals surface area contributed by atoms with E-state index in [1.165, 1.54) is 0 Å². The minimum atomic E-state index is 0.409. The van der Waals surface area contributed by atoms with E-state index in [-0.39, 0.29) is 0 Å². The van der Waals surface area contributed by atoms with Gasteiger partial charge in [-0.2, -0.15) is 0 Å². The zero-order valence-electron chi connectivity index (χ0n) is 5.97. The van der Waals surface area contributed by atoms with Crippen LogP contribution < -0.4 is 5.73 Å². The van der Waals surface area contributed by atoms with Crippen LogP contribution in [0.4, 0.5) is 0 Å². The molecule has 2 N–H and O–H groups in total. The fraction of sp³-hybridized carbons (Fsp3) is 0.111. The normalized spacial score (nSPS) is 8.55. The summed E-state index contributed by atoms with van der Waals surface area (Å²) in [6, 6.07) is 7.83. The average molecular weight is 210 g/mol. The van der Waals surface area contributed by atoms with Crippen LogP contribution in [0.25, 0.3) is 0 Å². The Hall–Kier alpha value is -0.780. The van der Waals surface area contributed by atoms with E-state index in [2.05, 4.69) is 27.8 Å². The fourth-order valence-corrected chi connectivity index (χ4v) is 1.12. The number of halogens is 1. The minimum Gasteiger partial charge on any atom is -0.320 e. The quantitative estimate of drug-likeness (QED) is 0.648. The van der Waals surface area contributed by atoms with E-state index < -0.39 is 0 Å². The average Bonchev–Trinajstić information content (AvgIpc) is 2.01. The third-order valence-corrected chi connectivity index (χ3v) is 1.65. The largest absolute Gasteiger partial charge is 0.320 e. The molecule has 56 valence electrons. The highest BCUT2D eigenvalue weighted by Crippen LogP contribution is 2.10. The van der Waals surface area contributed by atoms with Gasteiger partial charge in [0.1, 0.15) is 0 Å². The predicted molar refractivity (Wildman–Crippen MR) is 50.1 cm³/mol. The van der Waals surface area contributed by atoms with Crippen molar-refractivity contribution >= 4 is 15.9 Å². The van der Waals surface area contributed by atoms with Gasteiger partial charge in [0, 0.05) is 10.0 Å². The van der Waals surface area contributed by atoms with E-state index in [4.69, 9.17) is 5.73 Å². The van der Waals surface area contributed by atoms with Crippen molar-refractivity contribution in [2.24, 2.45) is 5.73 Å². The molecule has 0 aliphatic carbocycles. The molecule has 11 heavy (non-hydrogen) atoms. The topological polar surface area (TPSA) is 26.0 Å². The Balaban J connectivity index is 2.87. The van der Waals surface area contributed by atoms with Crippen LogP contribution in [-0.2, 0) is 0 Å². The van der Waals surface area contributed by atoms with Crippen molar-refractivity contribution in [2.75, 3.05) is 6.54 Å². The molecule has 0 saturated heterocycles. The van der Waals surface area contributed by atoms with E-state index in [1.807, 2.05) is 24.3 Å². The second kappa shape index (κ2) is 4.17. The van der Waals surface area contributed by atoms with E-state index in [1.54, 1.807) is 0 Å². The molecule has 0 aliphatic heterocycles. The summed E-state index contributed by atoms with van der Waals surface area (Å²) in [5.74, 6) is 5.73. The Morgan fingerprint density at radius 3 is 2.91 bits per heavy atom. The van der Waals surface area contributed by atoms with Crippen molar-refractivity contribution in [2.45, 2.75) is 0 Å². The summed E-state index contributed by atoms with van der Waals surface area (Å²) in [4.78, 5) is 0. The van der Waals surface area contributed by atoms with Crippen molar-refractivity contribution in [1.82, 2.24) is 0 Å². The lowest BCUT2D eigenvalue weighted by Crippen LogP contribution is -1.92. The highest BCUT2D eigenvalue weighted by molar-refractivity contribution is 9.10. The summed E-state index contributed by atoms with van der Waals surface area (Å²) < 4.78 is 1.04. The van der Waals surface area contributed by atoms with Gasteiger partial charge in [-0.25, -0.2) is 0 Å². The van der Waals surface area contributed by atoms with Crippen molar-refractivity contribution < 1.29 is 0 Å². The molecule has 0 spiro atoms. The SMILES string of the molecule is NCC#Cc1cccc(Br)c1. The molecule has 0 fully saturated rings. The molecule has 0 aliphatic rings. The van der Waals surface area contributed by atoms with E-state index in [0.29, 0.717) is 6.54 Å². The maximum absolute atomic E-state index is 5.23. The molecular formula is C9H8BrN. The first-order chi connectivity index (χ1) is 5.33. The predicted octanol–water partition coefficient (Wildman–Crippen LogP) is 1.76. The number of hydrogen-bond acceptors (Lipinski definition) is 1. The zero-order valence-corrected chi connectivity index (χ0v) is 7.56. The minimum absolute atomic E-state index is 0.409. The smallest absolute Gasteiger partial charge is 0.0555 e. The molecule has 0 radical (unpaired) electrons. The van der Waals surface area contributed by atoms with Crippen LogP contribution in [0, 0.1) is 11.8 Å². The third-order valence-electron chi connectivity index (χ3n) is 1.16. The van der Waals surface area contributed by atoms with Crippen LogP contribution in [0.1, 0.15) is 5.56 Å². The van der Waals surface area contributed by atoms with Crippen LogP contribution in [0.2, 0.25) is 0 Å². The molecule has 1 rings (SSSR count). The lowest BCUT2D eigenvalue weighted by molar-refractivity contribution is 1.30. The Kier molecular flexibility index (Phi) is 3.15.